The van der Waals surface area contributed by atoms with Crippen LogP contribution in [0.3, 0.4) is 0 Å². The molecule has 3 aromatic rings. The number of pyridine rings is 1. The Balaban J connectivity index is 1.63. The molecule has 0 saturated carbocycles. The molecule has 0 aliphatic carbocycles. The molecule has 7 heteroatoms. The molecule has 1 aliphatic heterocycles. The Hall–Kier alpha value is -2.96. The number of carbonyl (C=O) groups is 1. The molecule has 0 unspecified atom stereocenters. The summed E-state index contributed by atoms with van der Waals surface area (Å²) < 4.78 is 15.9. The van der Waals surface area contributed by atoms with E-state index in [-0.39, 0.29) is 17.1 Å². The van der Waals surface area contributed by atoms with E-state index in [1.54, 1.807) is 23.2 Å². The highest BCUT2D eigenvalue weighted by Crippen LogP contribution is 2.24. The molecule has 2 aromatic heterocycles. The third kappa shape index (κ3) is 3.83. The minimum atomic E-state index is -0.412. The summed E-state index contributed by atoms with van der Waals surface area (Å²) in [7, 11) is 0. The van der Waals surface area contributed by atoms with Gasteiger partial charge in [-0.2, -0.15) is 0 Å². The van der Waals surface area contributed by atoms with E-state index >= 15 is 0 Å². The summed E-state index contributed by atoms with van der Waals surface area (Å²) in [4.78, 5) is 18.2. The molecule has 0 spiro atoms. The number of hydrogen-bond donors (Lipinski definition) is 1. The first-order chi connectivity index (χ1) is 13.3. The fourth-order valence-electron chi connectivity index (χ4n) is 3.28. The number of halogens is 1. The van der Waals surface area contributed by atoms with Crippen molar-refractivity contribution in [1.29, 1.82) is 0 Å². The van der Waals surface area contributed by atoms with Crippen molar-refractivity contribution in [2.45, 2.75) is 33.6 Å². The average molecular weight is 381 g/mol. The summed E-state index contributed by atoms with van der Waals surface area (Å²) in [6.07, 6.45) is 5.51. The van der Waals surface area contributed by atoms with Crippen molar-refractivity contribution in [3.05, 3.63) is 48.0 Å². The van der Waals surface area contributed by atoms with Crippen molar-refractivity contribution < 1.29 is 9.18 Å². The number of benzene rings is 1. The Morgan fingerprint density at radius 3 is 2.71 bits per heavy atom. The number of hydrogen-bond acceptors (Lipinski definition) is 3. The molecule has 1 saturated heterocycles. The average Bonchev–Trinajstić information content (AvgIpc) is 2.96. The molecule has 0 atom stereocenters. The Kier molecular flexibility index (Phi) is 4.53. The van der Waals surface area contributed by atoms with Gasteiger partial charge < -0.3 is 10.2 Å². The number of amides is 2. The summed E-state index contributed by atoms with van der Waals surface area (Å²) in [6, 6.07) is 6.37. The second kappa shape index (κ2) is 6.89. The Morgan fingerprint density at radius 2 is 2.04 bits per heavy atom. The number of aromatic nitrogens is 3. The summed E-state index contributed by atoms with van der Waals surface area (Å²) in [5, 5.41) is 8.08. The van der Waals surface area contributed by atoms with Crippen LogP contribution < -0.4 is 5.32 Å². The summed E-state index contributed by atoms with van der Waals surface area (Å²) in [5.41, 5.74) is 2.65. The van der Waals surface area contributed by atoms with Crippen LogP contribution in [0.5, 0.6) is 0 Å². The van der Waals surface area contributed by atoms with E-state index in [2.05, 4.69) is 36.2 Å². The molecule has 0 radical (unpaired) electrons. The Bertz CT molecular complexity index is 1030. The van der Waals surface area contributed by atoms with Crippen LogP contribution in [0.1, 0.15) is 32.8 Å². The van der Waals surface area contributed by atoms with Gasteiger partial charge in [0.1, 0.15) is 11.5 Å². The van der Waals surface area contributed by atoms with Crippen LogP contribution in [-0.4, -0.2) is 38.8 Å². The van der Waals surface area contributed by atoms with Gasteiger partial charge in [-0.25, -0.2) is 18.9 Å². The predicted molar refractivity (Wildman–Crippen MR) is 107 cm³/mol. The minimum absolute atomic E-state index is 0.153. The fourth-order valence-corrected chi connectivity index (χ4v) is 3.28. The lowest BCUT2D eigenvalue weighted by Gasteiger charge is -2.30. The zero-order chi connectivity index (χ0) is 19.9. The van der Waals surface area contributed by atoms with Crippen LogP contribution in [0.15, 0.2) is 36.7 Å². The number of nitrogens with one attached hydrogen (secondary N) is 1. The first-order valence-electron chi connectivity index (χ1n) is 9.49. The molecule has 146 valence electrons. The van der Waals surface area contributed by atoms with Crippen LogP contribution in [0, 0.1) is 11.2 Å². The van der Waals surface area contributed by atoms with Gasteiger partial charge >= 0.3 is 6.03 Å². The predicted octanol–water partition coefficient (Wildman–Crippen LogP) is 4.39. The molecule has 1 aliphatic rings. The van der Waals surface area contributed by atoms with E-state index in [1.807, 2.05) is 12.3 Å². The first-order valence-corrected chi connectivity index (χ1v) is 9.49. The Labute approximate surface area is 163 Å². The van der Waals surface area contributed by atoms with Crippen LogP contribution in [0.25, 0.3) is 16.7 Å². The quantitative estimate of drug-likeness (QED) is 0.732. The summed E-state index contributed by atoms with van der Waals surface area (Å²) in [6.45, 7) is 8.04. The van der Waals surface area contributed by atoms with Gasteiger partial charge in [-0.15, -0.1) is 5.10 Å². The maximum absolute atomic E-state index is 14.5. The molecule has 28 heavy (non-hydrogen) atoms. The highest BCUT2D eigenvalue weighted by atomic mass is 19.1. The van der Waals surface area contributed by atoms with Gasteiger partial charge in [0.15, 0.2) is 5.65 Å². The van der Waals surface area contributed by atoms with E-state index in [1.165, 1.54) is 10.7 Å². The molecule has 0 bridgehead atoms. The van der Waals surface area contributed by atoms with Crippen LogP contribution in [-0.2, 0) is 6.42 Å². The van der Waals surface area contributed by atoms with Gasteiger partial charge in [0, 0.05) is 36.6 Å². The fraction of sp³-hybridized carbons (Fsp3) is 0.381. The van der Waals surface area contributed by atoms with E-state index < -0.39 is 5.82 Å². The van der Waals surface area contributed by atoms with E-state index in [0.29, 0.717) is 11.3 Å². The molecule has 2 amide bonds. The maximum Gasteiger partial charge on any atom is 0.321 e. The van der Waals surface area contributed by atoms with Crippen molar-refractivity contribution in [2.75, 3.05) is 18.4 Å². The SMILES string of the molecule is CC(C)(C)Cc1cnc2nn(-c3cc(NC(=O)N4CCC4)ccc3F)cc2c1. The van der Waals surface area contributed by atoms with Gasteiger partial charge in [0.2, 0.25) is 0 Å². The van der Waals surface area contributed by atoms with E-state index in [4.69, 9.17) is 0 Å². The lowest BCUT2D eigenvalue weighted by Crippen LogP contribution is -2.44. The van der Waals surface area contributed by atoms with E-state index in [9.17, 15) is 9.18 Å². The highest BCUT2D eigenvalue weighted by molar-refractivity contribution is 5.90. The van der Waals surface area contributed by atoms with Crippen molar-refractivity contribution in [3.8, 4) is 5.69 Å². The van der Waals surface area contributed by atoms with Gasteiger partial charge in [-0.05, 0) is 48.1 Å². The topological polar surface area (TPSA) is 63.1 Å². The molecule has 1 aromatic carbocycles. The molecule has 6 nitrogen and oxygen atoms in total. The number of fused-ring (bicyclic) bond motifs is 1. The van der Waals surface area contributed by atoms with E-state index in [0.717, 1.165) is 36.9 Å². The lowest BCUT2D eigenvalue weighted by molar-refractivity contribution is 0.181. The normalized spacial score (nSPS) is 14.2. The summed E-state index contributed by atoms with van der Waals surface area (Å²) >= 11 is 0. The summed E-state index contributed by atoms with van der Waals surface area (Å²) in [5.74, 6) is -0.412. The van der Waals surface area contributed by atoms with Gasteiger partial charge in [0.05, 0.1) is 0 Å². The third-order valence-corrected chi connectivity index (χ3v) is 4.74. The first kappa shape index (κ1) is 18.4. The smallest absolute Gasteiger partial charge is 0.321 e. The zero-order valence-electron chi connectivity index (χ0n) is 16.4. The number of rotatable bonds is 3. The largest absolute Gasteiger partial charge is 0.324 e. The lowest BCUT2D eigenvalue weighted by atomic mass is 9.89. The Morgan fingerprint density at radius 1 is 1.25 bits per heavy atom. The van der Waals surface area contributed by atoms with Crippen LogP contribution >= 0.6 is 0 Å². The molecular weight excluding hydrogens is 357 g/mol. The van der Waals surface area contributed by atoms with Crippen molar-refractivity contribution in [1.82, 2.24) is 19.7 Å². The molecule has 1 fully saturated rings. The van der Waals surface area contributed by atoms with Crippen molar-refractivity contribution in [2.24, 2.45) is 5.41 Å². The molecular formula is C21H24FN5O. The number of nitrogens with zero attached hydrogens (tertiary/aromatic N) is 4. The number of carbonyl (C=O) groups excluding carboxylic acids is 1. The second-order valence-electron chi connectivity index (χ2n) is 8.50. The van der Waals surface area contributed by atoms with Crippen molar-refractivity contribution >= 4 is 22.8 Å². The molecule has 1 N–H and O–H groups in total. The van der Waals surface area contributed by atoms with Crippen LogP contribution in [0.2, 0.25) is 0 Å². The minimum Gasteiger partial charge on any atom is -0.324 e. The monoisotopic (exact) mass is 381 g/mol. The van der Waals surface area contributed by atoms with Gasteiger partial charge in [0.25, 0.3) is 0 Å². The van der Waals surface area contributed by atoms with Crippen molar-refractivity contribution in [3.63, 3.8) is 0 Å². The third-order valence-electron chi connectivity index (χ3n) is 4.74. The van der Waals surface area contributed by atoms with Gasteiger partial charge in [-0.1, -0.05) is 20.8 Å². The van der Waals surface area contributed by atoms with Crippen LogP contribution in [0.4, 0.5) is 14.9 Å². The highest BCUT2D eigenvalue weighted by Gasteiger charge is 2.20. The number of anilines is 1. The maximum atomic E-state index is 14.5. The number of likely N-dealkylation sites (tertiary alicyclic amines) is 1. The zero-order valence-corrected chi connectivity index (χ0v) is 16.4. The number of urea groups is 1. The standard InChI is InChI=1S/C21H24FN5O/c1-21(2,3)11-14-9-15-13-27(25-19(15)23-12-14)18-10-16(5-6-17(18)22)24-20(28)26-7-4-8-26/h5-6,9-10,12-13H,4,7-8,11H2,1-3H3,(H,24,28). The van der Waals surface area contributed by atoms with Gasteiger partial charge in [-0.3, -0.25) is 0 Å². The second-order valence-corrected chi connectivity index (χ2v) is 8.50. The molecule has 3 heterocycles. The molecule has 4 rings (SSSR count).